The quantitative estimate of drug-likeness (QED) is 0.667. The highest BCUT2D eigenvalue weighted by Gasteiger charge is 2.18. The van der Waals surface area contributed by atoms with Gasteiger partial charge in [0.25, 0.3) is 0 Å². The summed E-state index contributed by atoms with van der Waals surface area (Å²) in [5, 5.41) is 0. The van der Waals surface area contributed by atoms with Crippen LogP contribution in [0, 0.1) is 6.92 Å². The van der Waals surface area contributed by atoms with Gasteiger partial charge in [0.1, 0.15) is 0 Å². The molecule has 3 N–H and O–H groups in total. The average Bonchev–Trinajstić information content (AvgIpc) is 2.46. The molecule has 0 aliphatic carbocycles. The van der Waals surface area contributed by atoms with Gasteiger partial charge in [-0.25, -0.2) is 0 Å². The predicted octanol–water partition coefficient (Wildman–Crippen LogP) is 1.53. The Kier molecular flexibility index (Phi) is 1.69. The summed E-state index contributed by atoms with van der Waals surface area (Å²) >= 11 is 1.96. The summed E-state index contributed by atoms with van der Waals surface area (Å²) in [6.45, 7) is 2.78. The maximum absolute atomic E-state index is 5.64. The normalized spacial score (nSPS) is 15.5. The molecule has 60 valence electrons. The molecule has 1 aliphatic rings. The van der Waals surface area contributed by atoms with Crippen molar-refractivity contribution in [2.45, 2.75) is 25.0 Å². The third-order valence-corrected chi connectivity index (χ3v) is 3.20. The average molecular weight is 168 g/mol. The van der Waals surface area contributed by atoms with Crippen molar-refractivity contribution in [3.05, 3.63) is 22.5 Å². The molecule has 0 bridgehead atoms. The fraction of sp³-hybridized carbons (Fsp3) is 0.500. The molecule has 0 saturated carbocycles. The Hall–Kier alpha value is -0.410. The molecule has 0 aromatic carbocycles. The SMILES string of the molecule is Cc1[nH]c2c(c1CN)CSC2. The van der Waals surface area contributed by atoms with Crippen LogP contribution in [0.3, 0.4) is 0 Å². The number of aryl methyl sites for hydroxylation is 1. The first-order valence-electron chi connectivity index (χ1n) is 3.80. The number of H-pyrrole nitrogens is 1. The molecule has 2 heterocycles. The van der Waals surface area contributed by atoms with Crippen molar-refractivity contribution in [1.82, 2.24) is 4.98 Å². The van der Waals surface area contributed by atoms with Crippen LogP contribution >= 0.6 is 11.8 Å². The van der Waals surface area contributed by atoms with E-state index in [2.05, 4.69) is 11.9 Å². The van der Waals surface area contributed by atoms with Crippen molar-refractivity contribution >= 4 is 11.8 Å². The van der Waals surface area contributed by atoms with Gasteiger partial charge in [-0.15, -0.1) is 0 Å². The van der Waals surface area contributed by atoms with Crippen LogP contribution in [-0.4, -0.2) is 4.98 Å². The van der Waals surface area contributed by atoms with E-state index >= 15 is 0 Å². The molecule has 11 heavy (non-hydrogen) atoms. The molecular weight excluding hydrogens is 156 g/mol. The molecule has 1 aliphatic heterocycles. The predicted molar refractivity (Wildman–Crippen MR) is 48.4 cm³/mol. The van der Waals surface area contributed by atoms with E-state index < -0.39 is 0 Å². The number of nitrogens with two attached hydrogens (primary N) is 1. The van der Waals surface area contributed by atoms with Gasteiger partial charge in [0, 0.05) is 29.4 Å². The molecule has 0 saturated heterocycles. The van der Waals surface area contributed by atoms with E-state index in [1.54, 1.807) is 0 Å². The topological polar surface area (TPSA) is 41.8 Å². The number of nitrogens with one attached hydrogen (secondary N) is 1. The number of fused-ring (bicyclic) bond motifs is 1. The minimum atomic E-state index is 0.679. The van der Waals surface area contributed by atoms with Gasteiger partial charge in [0.2, 0.25) is 0 Å². The van der Waals surface area contributed by atoms with Crippen molar-refractivity contribution in [1.29, 1.82) is 0 Å². The number of rotatable bonds is 1. The highest BCUT2D eigenvalue weighted by atomic mass is 32.2. The van der Waals surface area contributed by atoms with E-state index in [0.717, 1.165) is 11.5 Å². The van der Waals surface area contributed by atoms with Crippen LogP contribution in [0.25, 0.3) is 0 Å². The highest BCUT2D eigenvalue weighted by Crippen LogP contribution is 2.33. The zero-order valence-electron chi connectivity index (χ0n) is 6.61. The monoisotopic (exact) mass is 168 g/mol. The summed E-state index contributed by atoms with van der Waals surface area (Å²) in [6.07, 6.45) is 0. The summed E-state index contributed by atoms with van der Waals surface area (Å²) in [5.41, 5.74) is 11.1. The minimum absolute atomic E-state index is 0.679. The van der Waals surface area contributed by atoms with Gasteiger partial charge >= 0.3 is 0 Å². The standard InChI is InChI=1S/C8H12N2S/c1-5-6(2-9)7-3-11-4-8(7)10-5/h10H,2-4,9H2,1H3. The van der Waals surface area contributed by atoms with Crippen molar-refractivity contribution in [2.75, 3.05) is 0 Å². The Morgan fingerprint density at radius 3 is 3.09 bits per heavy atom. The zero-order chi connectivity index (χ0) is 7.84. The molecule has 0 atom stereocenters. The number of aromatic amines is 1. The van der Waals surface area contributed by atoms with Crippen LogP contribution in [-0.2, 0) is 18.1 Å². The second-order valence-electron chi connectivity index (χ2n) is 2.88. The van der Waals surface area contributed by atoms with Gasteiger partial charge in [-0.2, -0.15) is 11.8 Å². The maximum atomic E-state index is 5.64. The van der Waals surface area contributed by atoms with Crippen molar-refractivity contribution in [2.24, 2.45) is 5.73 Å². The van der Waals surface area contributed by atoms with E-state index in [1.165, 1.54) is 22.5 Å². The van der Waals surface area contributed by atoms with E-state index in [1.807, 2.05) is 11.8 Å². The molecule has 2 rings (SSSR count). The first-order valence-corrected chi connectivity index (χ1v) is 4.95. The van der Waals surface area contributed by atoms with Crippen LogP contribution in [0.1, 0.15) is 22.5 Å². The van der Waals surface area contributed by atoms with Gasteiger partial charge in [0.05, 0.1) is 0 Å². The fourth-order valence-corrected chi connectivity index (χ4v) is 2.72. The molecule has 0 amide bonds. The Labute approximate surface area is 70.6 Å². The van der Waals surface area contributed by atoms with E-state index in [9.17, 15) is 0 Å². The number of hydrogen-bond donors (Lipinski definition) is 2. The maximum Gasteiger partial charge on any atom is 0.0342 e. The van der Waals surface area contributed by atoms with E-state index in [0.29, 0.717) is 6.54 Å². The Bertz CT molecular complexity index is 278. The van der Waals surface area contributed by atoms with E-state index in [4.69, 9.17) is 5.73 Å². The summed E-state index contributed by atoms with van der Waals surface area (Å²) in [6, 6.07) is 0. The smallest absolute Gasteiger partial charge is 0.0342 e. The number of thioether (sulfide) groups is 1. The molecule has 2 nitrogen and oxygen atoms in total. The molecule has 1 aromatic heterocycles. The summed E-state index contributed by atoms with van der Waals surface area (Å²) in [7, 11) is 0. The Morgan fingerprint density at radius 2 is 2.36 bits per heavy atom. The molecule has 0 unspecified atom stereocenters. The first kappa shape index (κ1) is 7.25. The lowest BCUT2D eigenvalue weighted by Crippen LogP contribution is -1.99. The lowest BCUT2D eigenvalue weighted by molar-refractivity contribution is 1.03. The Morgan fingerprint density at radius 1 is 1.55 bits per heavy atom. The molecule has 0 fully saturated rings. The minimum Gasteiger partial charge on any atom is -0.361 e. The van der Waals surface area contributed by atoms with Gasteiger partial charge in [-0.3, -0.25) is 0 Å². The van der Waals surface area contributed by atoms with Gasteiger partial charge < -0.3 is 10.7 Å². The lowest BCUT2D eigenvalue weighted by Gasteiger charge is -1.96. The van der Waals surface area contributed by atoms with Crippen LogP contribution in [0.4, 0.5) is 0 Å². The molecule has 0 spiro atoms. The van der Waals surface area contributed by atoms with Crippen molar-refractivity contribution in [3.63, 3.8) is 0 Å². The first-order chi connectivity index (χ1) is 5.33. The number of aromatic nitrogens is 1. The van der Waals surface area contributed by atoms with E-state index in [-0.39, 0.29) is 0 Å². The van der Waals surface area contributed by atoms with Gasteiger partial charge in [0.15, 0.2) is 0 Å². The van der Waals surface area contributed by atoms with Gasteiger partial charge in [-0.1, -0.05) is 0 Å². The second kappa shape index (κ2) is 2.57. The van der Waals surface area contributed by atoms with Crippen LogP contribution in [0.5, 0.6) is 0 Å². The summed E-state index contributed by atoms with van der Waals surface area (Å²) < 4.78 is 0. The second-order valence-corrected chi connectivity index (χ2v) is 3.87. The van der Waals surface area contributed by atoms with Gasteiger partial charge in [-0.05, 0) is 18.1 Å². The van der Waals surface area contributed by atoms with Crippen LogP contribution < -0.4 is 5.73 Å². The molecule has 3 heteroatoms. The largest absolute Gasteiger partial charge is 0.361 e. The lowest BCUT2D eigenvalue weighted by atomic mass is 10.1. The summed E-state index contributed by atoms with van der Waals surface area (Å²) in [4.78, 5) is 3.38. The molecule has 0 radical (unpaired) electrons. The molecule has 1 aromatic rings. The fourth-order valence-electron chi connectivity index (χ4n) is 1.61. The number of hydrogen-bond acceptors (Lipinski definition) is 2. The third kappa shape index (κ3) is 0.993. The van der Waals surface area contributed by atoms with Crippen LogP contribution in [0.2, 0.25) is 0 Å². The summed E-state index contributed by atoms with van der Waals surface area (Å²) in [5.74, 6) is 2.28. The van der Waals surface area contributed by atoms with Crippen molar-refractivity contribution in [3.8, 4) is 0 Å². The zero-order valence-corrected chi connectivity index (χ0v) is 7.42. The highest BCUT2D eigenvalue weighted by molar-refractivity contribution is 7.98. The van der Waals surface area contributed by atoms with Crippen LogP contribution in [0.15, 0.2) is 0 Å². The molecular formula is C8H12N2S. The van der Waals surface area contributed by atoms with Crippen molar-refractivity contribution < 1.29 is 0 Å². The third-order valence-electron chi connectivity index (χ3n) is 2.22. The Balaban J connectivity index is 2.52.